The Hall–Kier alpha value is -2.18. The molecule has 3 rings (SSSR count). The van der Waals surface area contributed by atoms with Gasteiger partial charge in [0.15, 0.2) is 0 Å². The molecule has 6 heteroatoms. The molecule has 0 radical (unpaired) electrons. The molecule has 0 atom stereocenters. The van der Waals surface area contributed by atoms with Crippen molar-refractivity contribution >= 4 is 28.6 Å². The molecule has 1 amide bonds. The van der Waals surface area contributed by atoms with Crippen molar-refractivity contribution < 1.29 is 9.53 Å². The van der Waals surface area contributed by atoms with Crippen LogP contribution in [0.15, 0.2) is 41.1 Å². The Bertz CT molecular complexity index is 836. The van der Waals surface area contributed by atoms with Crippen molar-refractivity contribution in [3.05, 3.63) is 46.7 Å². The molecule has 0 N–H and O–H groups in total. The normalized spacial score (nSPS) is 10.6. The number of thiophene rings is 1. The van der Waals surface area contributed by atoms with E-state index in [1.54, 1.807) is 37.4 Å². The van der Waals surface area contributed by atoms with Gasteiger partial charge in [0.2, 0.25) is 0 Å². The molecule has 118 valence electrons. The van der Waals surface area contributed by atoms with Crippen molar-refractivity contribution in [2.75, 3.05) is 21.2 Å². The standard InChI is InChI=1S/C17H16N2O2S2/c1-19(2)17(20)11-8-15(22-9-11)13-10-23-16(18-13)12-6-4-5-7-14(12)21-3/h4-10H,1-3H3. The topological polar surface area (TPSA) is 42.4 Å². The third-order valence-electron chi connectivity index (χ3n) is 3.35. The van der Waals surface area contributed by atoms with E-state index in [1.165, 1.54) is 11.3 Å². The van der Waals surface area contributed by atoms with Gasteiger partial charge < -0.3 is 9.64 Å². The zero-order valence-corrected chi connectivity index (χ0v) is 14.7. The molecule has 0 saturated heterocycles. The minimum atomic E-state index is 0.00711. The molecular weight excluding hydrogens is 328 g/mol. The van der Waals surface area contributed by atoms with Gasteiger partial charge in [-0.3, -0.25) is 4.79 Å². The number of aromatic nitrogens is 1. The third-order valence-corrected chi connectivity index (χ3v) is 5.17. The van der Waals surface area contributed by atoms with E-state index in [1.807, 2.05) is 41.1 Å². The number of para-hydroxylation sites is 1. The summed E-state index contributed by atoms with van der Waals surface area (Å²) in [5.41, 5.74) is 2.56. The SMILES string of the molecule is COc1ccccc1-c1nc(-c2cc(C(=O)N(C)C)cs2)cs1. The molecule has 0 aliphatic rings. The first-order valence-electron chi connectivity index (χ1n) is 6.99. The summed E-state index contributed by atoms with van der Waals surface area (Å²) in [4.78, 5) is 19.3. The average molecular weight is 344 g/mol. The minimum absolute atomic E-state index is 0.00711. The first-order chi connectivity index (χ1) is 11.1. The lowest BCUT2D eigenvalue weighted by Crippen LogP contribution is -2.20. The monoisotopic (exact) mass is 344 g/mol. The predicted molar refractivity (Wildman–Crippen MR) is 95.4 cm³/mol. The highest BCUT2D eigenvalue weighted by Gasteiger charge is 2.15. The van der Waals surface area contributed by atoms with Crippen molar-refractivity contribution in [2.45, 2.75) is 0 Å². The predicted octanol–water partition coefficient (Wildman–Crippen LogP) is 4.25. The number of nitrogens with zero attached hydrogens (tertiary/aromatic N) is 2. The number of amides is 1. The molecule has 0 aliphatic heterocycles. The van der Waals surface area contributed by atoms with Gasteiger partial charge >= 0.3 is 0 Å². The molecule has 1 aromatic carbocycles. The van der Waals surface area contributed by atoms with Gasteiger partial charge in [-0.25, -0.2) is 4.98 Å². The highest BCUT2D eigenvalue weighted by atomic mass is 32.1. The van der Waals surface area contributed by atoms with Gasteiger partial charge in [-0.2, -0.15) is 0 Å². The third kappa shape index (κ3) is 3.13. The largest absolute Gasteiger partial charge is 0.496 e. The Morgan fingerprint density at radius 3 is 2.70 bits per heavy atom. The molecule has 2 aromatic heterocycles. The van der Waals surface area contributed by atoms with Crippen LogP contribution in [0.5, 0.6) is 5.75 Å². The fourth-order valence-electron chi connectivity index (χ4n) is 2.17. The highest BCUT2D eigenvalue weighted by molar-refractivity contribution is 7.15. The molecule has 0 bridgehead atoms. The molecular formula is C17H16N2O2S2. The number of hydrogen-bond acceptors (Lipinski definition) is 5. The van der Waals surface area contributed by atoms with Gasteiger partial charge in [-0.05, 0) is 18.2 Å². The number of thiazole rings is 1. The highest BCUT2D eigenvalue weighted by Crippen LogP contribution is 2.36. The van der Waals surface area contributed by atoms with Crippen LogP contribution in [0.1, 0.15) is 10.4 Å². The molecule has 0 aliphatic carbocycles. The maximum absolute atomic E-state index is 12.0. The second-order valence-corrected chi connectivity index (χ2v) is 6.91. The zero-order valence-electron chi connectivity index (χ0n) is 13.1. The Morgan fingerprint density at radius 1 is 1.17 bits per heavy atom. The molecule has 4 nitrogen and oxygen atoms in total. The van der Waals surface area contributed by atoms with Crippen LogP contribution in [-0.2, 0) is 0 Å². The van der Waals surface area contributed by atoms with Crippen LogP contribution in [0.4, 0.5) is 0 Å². The van der Waals surface area contributed by atoms with Crippen molar-refractivity contribution in [1.82, 2.24) is 9.88 Å². The summed E-state index contributed by atoms with van der Waals surface area (Å²) < 4.78 is 5.40. The van der Waals surface area contributed by atoms with Gasteiger partial charge in [0.1, 0.15) is 10.8 Å². The zero-order chi connectivity index (χ0) is 16.4. The van der Waals surface area contributed by atoms with E-state index in [2.05, 4.69) is 0 Å². The number of rotatable bonds is 4. The van der Waals surface area contributed by atoms with Gasteiger partial charge in [-0.1, -0.05) is 12.1 Å². The van der Waals surface area contributed by atoms with Crippen molar-refractivity contribution in [3.63, 3.8) is 0 Å². The van der Waals surface area contributed by atoms with Gasteiger partial charge in [0.05, 0.1) is 28.8 Å². The van der Waals surface area contributed by atoms with Gasteiger partial charge in [0, 0.05) is 24.9 Å². The first kappa shape index (κ1) is 15.7. The Kier molecular flexibility index (Phi) is 4.45. The number of hydrogen-bond donors (Lipinski definition) is 0. The van der Waals surface area contributed by atoms with E-state index in [-0.39, 0.29) is 5.91 Å². The maximum Gasteiger partial charge on any atom is 0.254 e. The number of carbonyl (C=O) groups excluding carboxylic acids is 1. The van der Waals surface area contributed by atoms with Crippen LogP contribution in [0.2, 0.25) is 0 Å². The number of benzene rings is 1. The number of methoxy groups -OCH3 is 1. The quantitative estimate of drug-likeness (QED) is 0.710. The Morgan fingerprint density at radius 2 is 1.96 bits per heavy atom. The van der Waals surface area contributed by atoms with Crippen LogP contribution >= 0.6 is 22.7 Å². The van der Waals surface area contributed by atoms with Crippen molar-refractivity contribution in [1.29, 1.82) is 0 Å². The summed E-state index contributed by atoms with van der Waals surface area (Å²) in [6, 6.07) is 9.73. The lowest BCUT2D eigenvalue weighted by atomic mass is 10.2. The van der Waals surface area contributed by atoms with Crippen molar-refractivity contribution in [2.24, 2.45) is 0 Å². The van der Waals surface area contributed by atoms with E-state index < -0.39 is 0 Å². The summed E-state index contributed by atoms with van der Waals surface area (Å²) in [6.07, 6.45) is 0. The minimum Gasteiger partial charge on any atom is -0.496 e. The fourth-order valence-corrected chi connectivity index (χ4v) is 3.94. The molecule has 0 saturated carbocycles. The van der Waals surface area contributed by atoms with E-state index in [9.17, 15) is 4.79 Å². The summed E-state index contributed by atoms with van der Waals surface area (Å²) >= 11 is 3.10. The smallest absolute Gasteiger partial charge is 0.254 e. The molecule has 0 fully saturated rings. The number of carbonyl (C=O) groups is 1. The Labute approximate surface area is 143 Å². The first-order valence-corrected chi connectivity index (χ1v) is 8.75. The fraction of sp³-hybridized carbons (Fsp3) is 0.176. The average Bonchev–Trinajstić information content (AvgIpc) is 3.23. The number of ether oxygens (including phenoxy) is 1. The van der Waals surface area contributed by atoms with Gasteiger partial charge in [0.25, 0.3) is 5.91 Å². The van der Waals surface area contributed by atoms with Gasteiger partial charge in [-0.15, -0.1) is 22.7 Å². The van der Waals surface area contributed by atoms with Crippen LogP contribution in [-0.4, -0.2) is 37.0 Å². The van der Waals surface area contributed by atoms with Crippen LogP contribution in [0.3, 0.4) is 0 Å². The lowest BCUT2D eigenvalue weighted by Gasteiger charge is -2.07. The second-order valence-electron chi connectivity index (χ2n) is 5.14. The van der Waals surface area contributed by atoms with E-state index in [4.69, 9.17) is 9.72 Å². The van der Waals surface area contributed by atoms with Crippen LogP contribution in [0, 0.1) is 0 Å². The lowest BCUT2D eigenvalue weighted by molar-refractivity contribution is 0.0828. The van der Waals surface area contributed by atoms with E-state index in [0.717, 1.165) is 26.9 Å². The van der Waals surface area contributed by atoms with Crippen LogP contribution < -0.4 is 4.74 Å². The van der Waals surface area contributed by atoms with Crippen molar-refractivity contribution in [3.8, 4) is 26.9 Å². The van der Waals surface area contributed by atoms with Crippen LogP contribution in [0.25, 0.3) is 21.1 Å². The van der Waals surface area contributed by atoms with E-state index >= 15 is 0 Å². The second kappa shape index (κ2) is 6.52. The summed E-state index contributed by atoms with van der Waals surface area (Å²) in [7, 11) is 5.16. The molecule has 3 aromatic rings. The Balaban J connectivity index is 1.92. The molecule has 0 unspecified atom stereocenters. The summed E-state index contributed by atoms with van der Waals surface area (Å²) in [6.45, 7) is 0. The van der Waals surface area contributed by atoms with E-state index in [0.29, 0.717) is 5.56 Å². The summed E-state index contributed by atoms with van der Waals surface area (Å²) in [5, 5.41) is 4.79. The molecule has 23 heavy (non-hydrogen) atoms. The summed E-state index contributed by atoms with van der Waals surface area (Å²) in [5.74, 6) is 0.815. The molecule has 2 heterocycles. The molecule has 0 spiro atoms. The maximum atomic E-state index is 12.0.